The Bertz CT molecular complexity index is 841. The van der Waals surface area contributed by atoms with Crippen molar-refractivity contribution in [1.82, 2.24) is 10.2 Å². The molecule has 0 heterocycles. The maximum absolute atomic E-state index is 13.1. The van der Waals surface area contributed by atoms with Crippen molar-refractivity contribution in [1.29, 1.82) is 0 Å². The first-order valence-electron chi connectivity index (χ1n) is 10.3. The summed E-state index contributed by atoms with van der Waals surface area (Å²) >= 11 is 7.96. The minimum Gasteiger partial charge on any atom is -0.352 e. The van der Waals surface area contributed by atoms with Gasteiger partial charge in [0, 0.05) is 34.7 Å². The first-order chi connectivity index (χ1) is 14.3. The Kier molecular flexibility index (Phi) is 9.73. The van der Waals surface area contributed by atoms with Gasteiger partial charge in [-0.2, -0.15) is 0 Å². The number of carbonyl (C=O) groups excluding carboxylic acids is 2. The molecule has 2 rings (SSSR count). The summed E-state index contributed by atoms with van der Waals surface area (Å²) in [6, 6.07) is 15.2. The van der Waals surface area contributed by atoms with Crippen molar-refractivity contribution in [3.63, 3.8) is 0 Å². The third kappa shape index (κ3) is 7.37. The summed E-state index contributed by atoms with van der Waals surface area (Å²) in [5, 5.41) is 3.58. The van der Waals surface area contributed by atoms with E-state index in [1.165, 1.54) is 5.56 Å². The second-order valence-electron chi connectivity index (χ2n) is 7.52. The second kappa shape index (κ2) is 12.0. The number of nitrogens with zero attached hydrogens (tertiary/aromatic N) is 1. The summed E-state index contributed by atoms with van der Waals surface area (Å²) in [4.78, 5) is 28.6. The van der Waals surface area contributed by atoms with Crippen LogP contribution >= 0.6 is 23.4 Å². The molecule has 1 N–H and O–H groups in total. The van der Waals surface area contributed by atoms with E-state index < -0.39 is 6.04 Å². The lowest BCUT2D eigenvalue weighted by molar-refractivity contribution is -0.140. The number of aryl methyl sites for hydroxylation is 1. The smallest absolute Gasteiger partial charge is 0.242 e. The molecule has 6 heteroatoms. The zero-order valence-corrected chi connectivity index (χ0v) is 19.7. The Morgan fingerprint density at radius 2 is 1.77 bits per heavy atom. The Morgan fingerprint density at radius 1 is 1.10 bits per heavy atom. The van der Waals surface area contributed by atoms with Crippen LogP contribution in [0.4, 0.5) is 0 Å². The number of halogens is 1. The molecule has 0 bridgehead atoms. The third-order valence-electron chi connectivity index (χ3n) is 5.07. The average Bonchev–Trinajstić information content (AvgIpc) is 2.73. The van der Waals surface area contributed by atoms with Crippen LogP contribution < -0.4 is 5.32 Å². The minimum atomic E-state index is -0.577. The van der Waals surface area contributed by atoms with Gasteiger partial charge in [-0.25, -0.2) is 0 Å². The molecule has 0 fully saturated rings. The van der Waals surface area contributed by atoms with E-state index in [1.54, 1.807) is 29.7 Å². The zero-order chi connectivity index (χ0) is 22.1. The molecule has 162 valence electrons. The van der Waals surface area contributed by atoms with Crippen LogP contribution in [-0.4, -0.2) is 34.6 Å². The SMILES string of the molecule is CC[C@@H](C)NC(=O)[C@@H](C)N(Cc1ccccc1Cl)C(=O)CCSc1ccc(C)cc1. The lowest BCUT2D eigenvalue weighted by atomic mass is 10.1. The monoisotopic (exact) mass is 446 g/mol. The number of thioether (sulfide) groups is 1. The molecule has 2 amide bonds. The van der Waals surface area contributed by atoms with Gasteiger partial charge in [-0.15, -0.1) is 11.8 Å². The summed E-state index contributed by atoms with van der Waals surface area (Å²) in [5.41, 5.74) is 2.05. The van der Waals surface area contributed by atoms with Crippen LogP contribution in [0.5, 0.6) is 0 Å². The highest BCUT2D eigenvalue weighted by molar-refractivity contribution is 7.99. The molecule has 0 aromatic heterocycles. The van der Waals surface area contributed by atoms with Crippen molar-refractivity contribution >= 4 is 35.2 Å². The highest BCUT2D eigenvalue weighted by atomic mass is 35.5. The van der Waals surface area contributed by atoms with E-state index in [9.17, 15) is 9.59 Å². The second-order valence-corrected chi connectivity index (χ2v) is 9.09. The molecule has 30 heavy (non-hydrogen) atoms. The van der Waals surface area contributed by atoms with Crippen molar-refractivity contribution in [2.45, 2.75) is 64.1 Å². The number of hydrogen-bond donors (Lipinski definition) is 1. The van der Waals surface area contributed by atoms with E-state index in [1.807, 2.05) is 32.0 Å². The van der Waals surface area contributed by atoms with Crippen LogP contribution in [0.15, 0.2) is 53.4 Å². The molecule has 0 aliphatic rings. The topological polar surface area (TPSA) is 49.4 Å². The molecule has 0 radical (unpaired) electrons. The molecule has 0 saturated heterocycles. The highest BCUT2D eigenvalue weighted by Crippen LogP contribution is 2.22. The largest absolute Gasteiger partial charge is 0.352 e. The predicted octanol–water partition coefficient (Wildman–Crippen LogP) is 5.46. The van der Waals surface area contributed by atoms with Crippen LogP contribution in [0.1, 0.15) is 44.7 Å². The summed E-state index contributed by atoms with van der Waals surface area (Å²) in [6.45, 7) is 8.12. The maximum atomic E-state index is 13.1. The molecule has 2 atom stereocenters. The molecule has 0 saturated carbocycles. The van der Waals surface area contributed by atoms with Crippen LogP contribution in [0.3, 0.4) is 0 Å². The van der Waals surface area contributed by atoms with Crippen molar-refractivity contribution in [2.24, 2.45) is 0 Å². The molecule has 0 spiro atoms. The minimum absolute atomic E-state index is 0.0543. The van der Waals surface area contributed by atoms with Gasteiger partial charge in [-0.05, 0) is 51.0 Å². The van der Waals surface area contributed by atoms with Gasteiger partial charge in [0.2, 0.25) is 11.8 Å². The summed E-state index contributed by atoms with van der Waals surface area (Å²) in [6.07, 6.45) is 1.19. The first kappa shape index (κ1) is 24.3. The molecule has 0 aliphatic carbocycles. The van der Waals surface area contributed by atoms with E-state index in [0.717, 1.165) is 16.9 Å². The van der Waals surface area contributed by atoms with Crippen molar-refractivity contribution in [3.05, 3.63) is 64.7 Å². The first-order valence-corrected chi connectivity index (χ1v) is 11.7. The maximum Gasteiger partial charge on any atom is 0.242 e. The fourth-order valence-corrected chi connectivity index (χ4v) is 3.93. The standard InChI is InChI=1S/C24H31ClN2O2S/c1-5-18(3)26-24(29)19(4)27(16-20-8-6-7-9-22(20)25)23(28)14-15-30-21-12-10-17(2)11-13-21/h6-13,18-19H,5,14-16H2,1-4H3,(H,26,29)/t18-,19-/m1/s1. The zero-order valence-electron chi connectivity index (χ0n) is 18.2. The van der Waals surface area contributed by atoms with Crippen molar-refractivity contribution < 1.29 is 9.59 Å². The molecule has 2 aromatic carbocycles. The van der Waals surface area contributed by atoms with Gasteiger partial charge in [0.05, 0.1) is 0 Å². The fourth-order valence-electron chi connectivity index (χ4n) is 2.89. The molecule has 0 unspecified atom stereocenters. The van der Waals surface area contributed by atoms with Gasteiger partial charge in [-0.3, -0.25) is 9.59 Å². The number of hydrogen-bond acceptors (Lipinski definition) is 3. The van der Waals surface area contributed by atoms with E-state index in [2.05, 4.69) is 36.5 Å². The van der Waals surface area contributed by atoms with Crippen LogP contribution in [-0.2, 0) is 16.1 Å². The summed E-state index contributed by atoms with van der Waals surface area (Å²) in [5.74, 6) is 0.456. The summed E-state index contributed by atoms with van der Waals surface area (Å²) < 4.78 is 0. The number of nitrogens with one attached hydrogen (secondary N) is 1. The molecule has 2 aromatic rings. The van der Waals surface area contributed by atoms with Crippen molar-refractivity contribution in [2.75, 3.05) is 5.75 Å². The molecular weight excluding hydrogens is 416 g/mol. The fraction of sp³-hybridized carbons (Fsp3) is 0.417. The molecular formula is C24H31ClN2O2S. The Balaban J connectivity index is 2.08. The van der Waals surface area contributed by atoms with Gasteiger partial charge in [0.25, 0.3) is 0 Å². The molecule has 4 nitrogen and oxygen atoms in total. The normalized spacial score (nSPS) is 12.8. The lowest BCUT2D eigenvalue weighted by Gasteiger charge is -2.30. The van der Waals surface area contributed by atoms with Crippen LogP contribution in [0.2, 0.25) is 5.02 Å². The van der Waals surface area contributed by atoms with E-state index >= 15 is 0 Å². The van der Waals surface area contributed by atoms with E-state index in [-0.39, 0.29) is 17.9 Å². The quantitative estimate of drug-likeness (QED) is 0.493. The third-order valence-corrected chi connectivity index (χ3v) is 6.45. The van der Waals surface area contributed by atoms with E-state index in [0.29, 0.717) is 23.7 Å². The number of rotatable bonds is 10. The molecule has 0 aliphatic heterocycles. The number of carbonyl (C=O) groups is 2. The van der Waals surface area contributed by atoms with Crippen LogP contribution in [0.25, 0.3) is 0 Å². The van der Waals surface area contributed by atoms with Gasteiger partial charge in [0.15, 0.2) is 0 Å². The number of benzene rings is 2. The number of amides is 2. The highest BCUT2D eigenvalue weighted by Gasteiger charge is 2.27. The Morgan fingerprint density at radius 3 is 2.40 bits per heavy atom. The van der Waals surface area contributed by atoms with Gasteiger partial charge < -0.3 is 10.2 Å². The van der Waals surface area contributed by atoms with E-state index in [4.69, 9.17) is 11.6 Å². The Hall–Kier alpha value is -1.98. The van der Waals surface area contributed by atoms with Gasteiger partial charge in [0.1, 0.15) is 6.04 Å². The lowest BCUT2D eigenvalue weighted by Crippen LogP contribution is -2.49. The van der Waals surface area contributed by atoms with Crippen LogP contribution in [0, 0.1) is 6.92 Å². The average molecular weight is 447 g/mol. The summed E-state index contributed by atoms with van der Waals surface area (Å²) in [7, 11) is 0. The van der Waals surface area contributed by atoms with Crippen molar-refractivity contribution in [3.8, 4) is 0 Å². The Labute approximate surface area is 189 Å². The van der Waals surface area contributed by atoms with Gasteiger partial charge in [-0.1, -0.05) is 54.4 Å². The van der Waals surface area contributed by atoms with Gasteiger partial charge >= 0.3 is 0 Å². The predicted molar refractivity (Wildman–Crippen MR) is 126 cm³/mol.